The zero-order chi connectivity index (χ0) is 13.5. The Hall–Kier alpha value is -1.67. The molecule has 0 saturated carbocycles. The average molecular weight is 264 g/mol. The van der Waals surface area contributed by atoms with Crippen LogP contribution in [-0.4, -0.2) is 29.0 Å². The Labute approximate surface area is 120 Å². The van der Waals surface area contributed by atoms with Crippen molar-refractivity contribution in [2.24, 2.45) is 0 Å². The third-order valence-electron chi connectivity index (χ3n) is 4.98. The zero-order valence-electron chi connectivity index (χ0n) is 11.9. The maximum atomic E-state index is 4.49. The summed E-state index contributed by atoms with van der Waals surface area (Å²) in [5.74, 6) is 0. The van der Waals surface area contributed by atoms with Gasteiger partial charge in [0, 0.05) is 23.7 Å². The van der Waals surface area contributed by atoms with Crippen LogP contribution >= 0.6 is 0 Å². The van der Waals surface area contributed by atoms with Crippen molar-refractivity contribution in [3.63, 3.8) is 0 Å². The Morgan fingerprint density at radius 1 is 1.15 bits per heavy atom. The van der Waals surface area contributed by atoms with Gasteiger partial charge in [0.2, 0.25) is 0 Å². The molecule has 0 N–H and O–H groups in total. The van der Waals surface area contributed by atoms with Crippen molar-refractivity contribution in [3.05, 3.63) is 48.2 Å². The van der Waals surface area contributed by atoms with Crippen LogP contribution in [0, 0.1) is 0 Å². The molecule has 4 rings (SSSR count). The van der Waals surface area contributed by atoms with Crippen LogP contribution in [0.1, 0.15) is 31.2 Å². The molecule has 2 aliphatic rings. The van der Waals surface area contributed by atoms with Crippen molar-refractivity contribution in [2.75, 3.05) is 7.05 Å². The van der Waals surface area contributed by atoms with Gasteiger partial charge in [0.1, 0.15) is 0 Å². The van der Waals surface area contributed by atoms with Gasteiger partial charge in [0.15, 0.2) is 0 Å². The van der Waals surface area contributed by atoms with Crippen LogP contribution in [0.3, 0.4) is 0 Å². The van der Waals surface area contributed by atoms with Gasteiger partial charge in [-0.15, -0.1) is 0 Å². The van der Waals surface area contributed by atoms with E-state index in [-0.39, 0.29) is 0 Å². The average Bonchev–Trinajstić information content (AvgIpc) is 2.46. The molecule has 3 heterocycles. The number of piperidine rings is 1. The molecule has 1 aromatic heterocycles. The Balaban J connectivity index is 1.84. The Kier molecular flexibility index (Phi) is 2.85. The fourth-order valence-electron chi connectivity index (χ4n) is 3.82. The van der Waals surface area contributed by atoms with E-state index in [9.17, 15) is 0 Å². The summed E-state index contributed by atoms with van der Waals surface area (Å²) in [6.07, 6.45) is 9.65. The van der Waals surface area contributed by atoms with Gasteiger partial charge in [-0.1, -0.05) is 30.7 Å². The zero-order valence-corrected chi connectivity index (χ0v) is 11.9. The Morgan fingerprint density at radius 2 is 2.05 bits per heavy atom. The first kappa shape index (κ1) is 12.1. The van der Waals surface area contributed by atoms with E-state index in [0.717, 1.165) is 11.6 Å². The second kappa shape index (κ2) is 4.71. The van der Waals surface area contributed by atoms with Crippen molar-refractivity contribution in [2.45, 2.75) is 37.8 Å². The third kappa shape index (κ3) is 1.87. The number of pyridine rings is 1. The number of hydrogen-bond acceptors (Lipinski definition) is 2. The molecule has 0 radical (unpaired) electrons. The van der Waals surface area contributed by atoms with Crippen LogP contribution in [0.2, 0.25) is 0 Å². The first-order chi connectivity index (χ1) is 9.83. The highest BCUT2D eigenvalue weighted by molar-refractivity contribution is 5.91. The van der Waals surface area contributed by atoms with Gasteiger partial charge in [-0.2, -0.15) is 0 Å². The highest BCUT2D eigenvalue weighted by Gasteiger charge is 2.31. The highest BCUT2D eigenvalue weighted by atomic mass is 15.2. The maximum Gasteiger partial charge on any atom is 0.0708 e. The van der Waals surface area contributed by atoms with Gasteiger partial charge in [0.25, 0.3) is 0 Å². The quantitative estimate of drug-likeness (QED) is 0.777. The van der Waals surface area contributed by atoms with Gasteiger partial charge < -0.3 is 0 Å². The van der Waals surface area contributed by atoms with Crippen molar-refractivity contribution in [1.29, 1.82) is 0 Å². The van der Waals surface area contributed by atoms with E-state index in [1.165, 1.54) is 42.2 Å². The molecule has 0 amide bonds. The molecule has 1 aromatic carbocycles. The first-order valence-electron chi connectivity index (χ1n) is 7.60. The molecule has 20 heavy (non-hydrogen) atoms. The second-order valence-corrected chi connectivity index (χ2v) is 6.09. The number of para-hydroxylation sites is 1. The van der Waals surface area contributed by atoms with Crippen molar-refractivity contribution >= 4 is 16.5 Å². The minimum absolute atomic E-state index is 0.629. The van der Waals surface area contributed by atoms with E-state index >= 15 is 0 Å². The third-order valence-corrected chi connectivity index (χ3v) is 4.98. The van der Waals surface area contributed by atoms with Crippen LogP contribution in [0.5, 0.6) is 0 Å². The lowest BCUT2D eigenvalue weighted by Crippen LogP contribution is -2.45. The number of fused-ring (bicyclic) bond motifs is 3. The number of aromatic nitrogens is 1. The predicted octanol–water partition coefficient (Wildman–Crippen LogP) is 3.87. The fourth-order valence-corrected chi connectivity index (χ4v) is 3.82. The summed E-state index contributed by atoms with van der Waals surface area (Å²) >= 11 is 0. The predicted molar refractivity (Wildman–Crippen MR) is 83.5 cm³/mol. The summed E-state index contributed by atoms with van der Waals surface area (Å²) in [5.41, 5.74) is 4.02. The number of benzene rings is 1. The van der Waals surface area contributed by atoms with Crippen LogP contribution in [0.25, 0.3) is 16.5 Å². The Bertz CT molecular complexity index is 669. The van der Waals surface area contributed by atoms with Crippen molar-refractivity contribution in [1.82, 2.24) is 9.88 Å². The van der Waals surface area contributed by atoms with Crippen LogP contribution < -0.4 is 0 Å². The molecule has 2 atom stereocenters. The molecule has 2 aliphatic heterocycles. The van der Waals surface area contributed by atoms with E-state index in [4.69, 9.17) is 0 Å². The van der Waals surface area contributed by atoms with E-state index in [2.05, 4.69) is 53.3 Å². The molecule has 2 nitrogen and oxygen atoms in total. The summed E-state index contributed by atoms with van der Waals surface area (Å²) in [6.45, 7) is 0. The Morgan fingerprint density at radius 3 is 2.95 bits per heavy atom. The molecule has 2 heteroatoms. The molecule has 102 valence electrons. The molecule has 2 unspecified atom stereocenters. The van der Waals surface area contributed by atoms with Crippen LogP contribution in [0.15, 0.2) is 42.6 Å². The SMILES string of the molecule is CN1C2C=C(c3ccnc4ccccc34)CC1CCC2. The van der Waals surface area contributed by atoms with Gasteiger partial charge in [0.05, 0.1) is 5.52 Å². The van der Waals surface area contributed by atoms with Gasteiger partial charge in [-0.05, 0) is 49.6 Å². The van der Waals surface area contributed by atoms with Crippen LogP contribution in [0.4, 0.5) is 0 Å². The lowest BCUT2D eigenvalue weighted by molar-refractivity contribution is 0.137. The normalized spacial score (nSPS) is 26.6. The summed E-state index contributed by atoms with van der Waals surface area (Å²) in [7, 11) is 2.28. The topological polar surface area (TPSA) is 16.1 Å². The second-order valence-electron chi connectivity index (χ2n) is 6.09. The molecule has 1 saturated heterocycles. The monoisotopic (exact) mass is 264 g/mol. The highest BCUT2D eigenvalue weighted by Crippen LogP contribution is 2.37. The fraction of sp³-hybridized carbons (Fsp3) is 0.389. The minimum Gasteiger partial charge on any atom is -0.297 e. The molecule has 1 fully saturated rings. The smallest absolute Gasteiger partial charge is 0.0708 e. The van der Waals surface area contributed by atoms with Crippen molar-refractivity contribution < 1.29 is 0 Å². The molecule has 2 aromatic rings. The lowest BCUT2D eigenvalue weighted by Gasteiger charge is -2.43. The summed E-state index contributed by atoms with van der Waals surface area (Å²) < 4.78 is 0. The lowest BCUT2D eigenvalue weighted by atomic mass is 9.82. The van der Waals surface area contributed by atoms with Gasteiger partial charge >= 0.3 is 0 Å². The van der Waals surface area contributed by atoms with E-state index in [0.29, 0.717) is 6.04 Å². The molecule has 0 spiro atoms. The van der Waals surface area contributed by atoms with Crippen molar-refractivity contribution in [3.8, 4) is 0 Å². The van der Waals surface area contributed by atoms with E-state index in [1.807, 2.05) is 6.20 Å². The maximum absolute atomic E-state index is 4.49. The van der Waals surface area contributed by atoms with E-state index < -0.39 is 0 Å². The number of rotatable bonds is 1. The summed E-state index contributed by atoms with van der Waals surface area (Å²) in [6, 6.07) is 12.0. The van der Waals surface area contributed by atoms with E-state index in [1.54, 1.807) is 0 Å². The summed E-state index contributed by atoms with van der Waals surface area (Å²) in [5, 5.41) is 1.30. The standard InChI is InChI=1S/C18H20N2/c1-20-14-5-4-6-15(20)12-13(11-14)16-9-10-19-18-8-3-2-7-17(16)18/h2-3,7-11,14-15H,4-6,12H2,1H3. The first-order valence-corrected chi connectivity index (χ1v) is 7.60. The largest absolute Gasteiger partial charge is 0.297 e. The van der Waals surface area contributed by atoms with Gasteiger partial charge in [-0.3, -0.25) is 9.88 Å². The molecular formula is C18H20N2. The molecular weight excluding hydrogens is 244 g/mol. The number of hydrogen-bond donors (Lipinski definition) is 0. The van der Waals surface area contributed by atoms with Crippen LogP contribution in [-0.2, 0) is 0 Å². The summed E-state index contributed by atoms with van der Waals surface area (Å²) in [4.78, 5) is 7.05. The molecule has 2 bridgehead atoms. The molecule has 0 aliphatic carbocycles. The van der Waals surface area contributed by atoms with Gasteiger partial charge in [-0.25, -0.2) is 0 Å². The number of nitrogens with zero attached hydrogens (tertiary/aromatic N) is 2. The number of likely N-dealkylation sites (N-methyl/N-ethyl adjacent to an activating group) is 1. The minimum atomic E-state index is 0.629.